The normalized spacial score (nSPS) is 17.1. The third-order valence-corrected chi connectivity index (χ3v) is 7.23. The largest absolute Gasteiger partial charge is 0.493 e. The molecule has 0 aliphatic carbocycles. The number of sulfonamides is 1. The maximum atomic E-state index is 13.0. The van der Waals surface area contributed by atoms with E-state index in [-0.39, 0.29) is 16.8 Å². The summed E-state index contributed by atoms with van der Waals surface area (Å²) in [6.45, 7) is 0.491. The number of nitrogens with one attached hydrogen (secondary N) is 2. The van der Waals surface area contributed by atoms with Crippen LogP contribution in [-0.4, -0.2) is 39.0 Å². The molecule has 1 aliphatic rings. The Kier molecular flexibility index (Phi) is 7.61. The van der Waals surface area contributed by atoms with E-state index in [1.54, 1.807) is 30.0 Å². The summed E-state index contributed by atoms with van der Waals surface area (Å²) in [5.41, 5.74) is 0.883. The average molecular weight is 499 g/mol. The van der Waals surface area contributed by atoms with E-state index in [0.29, 0.717) is 25.2 Å². The second-order valence-electron chi connectivity index (χ2n) is 6.65. The summed E-state index contributed by atoms with van der Waals surface area (Å²) in [5, 5.41) is 3.01. The van der Waals surface area contributed by atoms with Gasteiger partial charge in [0.05, 0.1) is 17.5 Å². The van der Waals surface area contributed by atoms with E-state index in [1.807, 2.05) is 24.5 Å². The van der Waals surface area contributed by atoms with Crippen molar-refractivity contribution in [2.75, 3.05) is 18.6 Å². The van der Waals surface area contributed by atoms with Crippen LogP contribution in [0.25, 0.3) is 0 Å². The first kappa shape index (κ1) is 22.1. The number of benzene rings is 2. The highest BCUT2D eigenvalue weighted by atomic mass is 79.9. The van der Waals surface area contributed by atoms with Gasteiger partial charge in [-0.15, -0.1) is 0 Å². The SMILES string of the molecule is CSCCC(NS(=O)(=O)c1ccccc1)C(=O)NC1CCOc2ccc(Br)cc21. The van der Waals surface area contributed by atoms with Crippen LogP contribution in [0, 0.1) is 0 Å². The number of carbonyl (C=O) groups excluding carboxylic acids is 1. The van der Waals surface area contributed by atoms with Crippen molar-refractivity contribution >= 4 is 43.6 Å². The number of carbonyl (C=O) groups is 1. The van der Waals surface area contributed by atoms with E-state index in [0.717, 1.165) is 15.8 Å². The minimum atomic E-state index is -3.80. The molecule has 2 atom stereocenters. The molecular weight excluding hydrogens is 476 g/mol. The van der Waals surface area contributed by atoms with Gasteiger partial charge in [-0.3, -0.25) is 4.79 Å². The van der Waals surface area contributed by atoms with Crippen LogP contribution in [-0.2, 0) is 14.8 Å². The van der Waals surface area contributed by atoms with Gasteiger partial charge in [-0.1, -0.05) is 34.1 Å². The molecule has 1 heterocycles. The molecule has 6 nitrogen and oxygen atoms in total. The molecule has 0 fully saturated rings. The number of hydrogen-bond acceptors (Lipinski definition) is 5. The van der Waals surface area contributed by atoms with Gasteiger partial charge < -0.3 is 10.1 Å². The molecule has 2 aromatic rings. The third-order valence-electron chi connectivity index (χ3n) is 4.61. The second kappa shape index (κ2) is 9.97. The van der Waals surface area contributed by atoms with Crippen LogP contribution in [0.3, 0.4) is 0 Å². The van der Waals surface area contributed by atoms with Gasteiger partial charge >= 0.3 is 0 Å². The van der Waals surface area contributed by atoms with Crippen LogP contribution in [0.5, 0.6) is 5.75 Å². The van der Waals surface area contributed by atoms with Crippen molar-refractivity contribution in [3.63, 3.8) is 0 Å². The summed E-state index contributed by atoms with van der Waals surface area (Å²) in [6, 6.07) is 12.7. The van der Waals surface area contributed by atoms with Crippen LogP contribution in [0.2, 0.25) is 0 Å². The van der Waals surface area contributed by atoms with Crippen molar-refractivity contribution in [2.24, 2.45) is 0 Å². The van der Waals surface area contributed by atoms with Gasteiger partial charge in [0.25, 0.3) is 0 Å². The van der Waals surface area contributed by atoms with Crippen molar-refractivity contribution in [1.29, 1.82) is 0 Å². The molecule has 0 radical (unpaired) electrons. The lowest BCUT2D eigenvalue weighted by Gasteiger charge is -2.28. The molecular formula is C20H23BrN2O4S2. The molecule has 2 aromatic carbocycles. The maximum absolute atomic E-state index is 13.0. The zero-order chi connectivity index (χ0) is 20.9. The molecule has 0 saturated carbocycles. The molecule has 29 heavy (non-hydrogen) atoms. The lowest BCUT2D eigenvalue weighted by molar-refractivity contribution is -0.123. The molecule has 1 aliphatic heterocycles. The first-order valence-electron chi connectivity index (χ1n) is 9.19. The third kappa shape index (κ3) is 5.75. The predicted octanol–water partition coefficient (Wildman–Crippen LogP) is 3.49. The van der Waals surface area contributed by atoms with Gasteiger partial charge in [-0.2, -0.15) is 16.5 Å². The maximum Gasteiger partial charge on any atom is 0.241 e. The Morgan fingerprint density at radius 1 is 1.28 bits per heavy atom. The topological polar surface area (TPSA) is 84.5 Å². The van der Waals surface area contributed by atoms with Gasteiger partial charge in [0.1, 0.15) is 11.8 Å². The molecule has 3 rings (SSSR count). The summed E-state index contributed by atoms with van der Waals surface area (Å²) in [4.78, 5) is 13.2. The van der Waals surface area contributed by atoms with Gasteiger partial charge in [0.2, 0.25) is 15.9 Å². The Bertz CT molecular complexity index is 954. The summed E-state index contributed by atoms with van der Waals surface area (Å²) in [6.07, 6.45) is 2.94. The Hall–Kier alpha value is -1.55. The van der Waals surface area contributed by atoms with Crippen molar-refractivity contribution < 1.29 is 17.9 Å². The van der Waals surface area contributed by atoms with E-state index in [4.69, 9.17) is 4.74 Å². The minimum absolute atomic E-state index is 0.141. The first-order chi connectivity index (χ1) is 13.9. The van der Waals surface area contributed by atoms with Gasteiger partial charge in [-0.05, 0) is 48.8 Å². The van der Waals surface area contributed by atoms with Crippen molar-refractivity contribution in [1.82, 2.24) is 10.0 Å². The summed E-state index contributed by atoms with van der Waals surface area (Å²) in [5.74, 6) is 1.05. The van der Waals surface area contributed by atoms with Crippen LogP contribution in [0.4, 0.5) is 0 Å². The molecule has 0 spiro atoms. The van der Waals surface area contributed by atoms with Crippen LogP contribution < -0.4 is 14.8 Å². The number of thioether (sulfide) groups is 1. The van der Waals surface area contributed by atoms with E-state index < -0.39 is 16.1 Å². The number of amides is 1. The van der Waals surface area contributed by atoms with Crippen molar-refractivity contribution in [2.45, 2.75) is 29.8 Å². The summed E-state index contributed by atoms with van der Waals surface area (Å²) in [7, 11) is -3.80. The quantitative estimate of drug-likeness (QED) is 0.581. The lowest BCUT2D eigenvalue weighted by Crippen LogP contribution is -2.48. The summed E-state index contributed by atoms with van der Waals surface area (Å²) < 4.78 is 34.6. The molecule has 0 saturated heterocycles. The van der Waals surface area contributed by atoms with Crippen molar-refractivity contribution in [3.8, 4) is 5.75 Å². The van der Waals surface area contributed by atoms with Gasteiger partial charge in [-0.25, -0.2) is 8.42 Å². The fourth-order valence-electron chi connectivity index (χ4n) is 3.12. The lowest BCUT2D eigenvalue weighted by atomic mass is 10.00. The fourth-order valence-corrected chi connectivity index (χ4v) is 5.22. The Balaban J connectivity index is 1.78. The van der Waals surface area contributed by atoms with E-state index in [1.165, 1.54) is 12.1 Å². The Morgan fingerprint density at radius 2 is 2.03 bits per heavy atom. The zero-order valence-corrected chi connectivity index (χ0v) is 19.1. The standard InChI is InChI=1S/C20H23BrN2O4S2/c1-28-12-10-18(23-29(25,26)15-5-3-2-4-6-15)20(24)22-17-9-11-27-19-8-7-14(21)13-16(17)19/h2-8,13,17-18,23H,9-12H2,1H3,(H,22,24). The molecule has 2 unspecified atom stereocenters. The first-order valence-corrected chi connectivity index (χ1v) is 12.9. The fraction of sp³-hybridized carbons (Fsp3) is 0.350. The van der Waals surface area contributed by atoms with Crippen molar-refractivity contribution in [3.05, 3.63) is 58.6 Å². The second-order valence-corrected chi connectivity index (χ2v) is 10.3. The van der Waals surface area contributed by atoms with Crippen LogP contribution in [0.15, 0.2) is 57.9 Å². The van der Waals surface area contributed by atoms with Crippen LogP contribution in [0.1, 0.15) is 24.4 Å². The highest BCUT2D eigenvalue weighted by Crippen LogP contribution is 2.34. The highest BCUT2D eigenvalue weighted by Gasteiger charge is 2.29. The molecule has 0 bridgehead atoms. The molecule has 0 aromatic heterocycles. The van der Waals surface area contributed by atoms with E-state index in [9.17, 15) is 13.2 Å². The van der Waals surface area contributed by atoms with Gasteiger partial charge in [0.15, 0.2) is 0 Å². The number of halogens is 1. The van der Waals surface area contributed by atoms with E-state index in [2.05, 4.69) is 26.0 Å². The number of rotatable bonds is 8. The molecule has 1 amide bonds. The molecule has 9 heteroatoms. The predicted molar refractivity (Wildman–Crippen MR) is 119 cm³/mol. The summed E-state index contributed by atoms with van der Waals surface area (Å²) >= 11 is 5.01. The smallest absolute Gasteiger partial charge is 0.241 e. The Morgan fingerprint density at radius 3 is 2.76 bits per heavy atom. The van der Waals surface area contributed by atoms with Crippen LogP contribution >= 0.6 is 27.7 Å². The zero-order valence-electron chi connectivity index (χ0n) is 15.9. The number of fused-ring (bicyclic) bond motifs is 1. The minimum Gasteiger partial charge on any atom is -0.493 e. The molecule has 2 N–H and O–H groups in total. The van der Waals surface area contributed by atoms with E-state index >= 15 is 0 Å². The average Bonchev–Trinajstić information content (AvgIpc) is 2.72. The molecule has 156 valence electrons. The Labute approximate surface area is 184 Å². The number of hydrogen-bond donors (Lipinski definition) is 2. The van der Waals surface area contributed by atoms with Gasteiger partial charge in [0, 0.05) is 16.5 Å². The number of ether oxygens (including phenoxy) is 1. The monoisotopic (exact) mass is 498 g/mol. The highest BCUT2D eigenvalue weighted by molar-refractivity contribution is 9.10.